The van der Waals surface area contributed by atoms with Crippen molar-refractivity contribution in [2.24, 2.45) is 0 Å². The number of ether oxygens (including phenoxy) is 1. The van der Waals surface area contributed by atoms with Gasteiger partial charge >= 0.3 is 5.97 Å². The van der Waals surface area contributed by atoms with E-state index < -0.39 is 11.8 Å². The summed E-state index contributed by atoms with van der Waals surface area (Å²) in [6.45, 7) is 0. The van der Waals surface area contributed by atoms with Crippen LogP contribution in [0.2, 0.25) is 0 Å². The maximum absolute atomic E-state index is 13.9. The number of carboxylic acids is 1. The Bertz CT molecular complexity index is 608. The van der Waals surface area contributed by atoms with Crippen LogP contribution in [0.1, 0.15) is 53.9 Å². The second kappa shape index (κ2) is 5.68. The zero-order valence-electron chi connectivity index (χ0n) is 11.4. The first kappa shape index (κ1) is 14.4. The molecule has 1 N–H and O–H groups in total. The summed E-state index contributed by atoms with van der Waals surface area (Å²) in [7, 11) is 0. The summed E-state index contributed by atoms with van der Waals surface area (Å²) in [5.41, 5.74) is 0.533. The number of carboxylic acid groups (broad SMARTS) is 1. The number of carbonyl (C=O) groups is 1. The number of halogens is 2. The minimum atomic E-state index is -1.24. The SMILES string of the molecule is O=C(O)c1cc(C2CC2)c(OC2CC=C(Cl)CC2)cc1F. The lowest BCUT2D eigenvalue weighted by Crippen LogP contribution is -2.19. The van der Waals surface area contributed by atoms with E-state index >= 15 is 0 Å². The molecule has 0 heterocycles. The normalized spacial score (nSPS) is 21.8. The minimum Gasteiger partial charge on any atom is -0.490 e. The first-order valence-corrected chi connectivity index (χ1v) is 7.50. The van der Waals surface area contributed by atoms with Crippen LogP contribution in [-0.4, -0.2) is 17.2 Å². The quantitative estimate of drug-likeness (QED) is 0.893. The highest BCUT2D eigenvalue weighted by molar-refractivity contribution is 6.29. The Kier molecular flexibility index (Phi) is 3.89. The minimum absolute atomic E-state index is 0.0277. The average Bonchev–Trinajstić information content (AvgIpc) is 3.25. The van der Waals surface area contributed by atoms with Crippen molar-refractivity contribution in [3.63, 3.8) is 0 Å². The van der Waals surface area contributed by atoms with Gasteiger partial charge in [0.2, 0.25) is 0 Å². The Labute approximate surface area is 127 Å². The Balaban J connectivity index is 1.87. The van der Waals surface area contributed by atoms with Crippen LogP contribution in [0.3, 0.4) is 0 Å². The fourth-order valence-corrected chi connectivity index (χ4v) is 2.81. The van der Waals surface area contributed by atoms with Gasteiger partial charge < -0.3 is 9.84 Å². The summed E-state index contributed by atoms with van der Waals surface area (Å²) >= 11 is 5.94. The lowest BCUT2D eigenvalue weighted by molar-refractivity contribution is 0.0691. The Hall–Kier alpha value is -1.55. The zero-order chi connectivity index (χ0) is 15.0. The molecule has 1 aromatic rings. The molecular weight excluding hydrogens is 295 g/mol. The average molecular weight is 311 g/mol. The second-order valence-electron chi connectivity index (χ2n) is 5.61. The number of aromatic carboxylic acids is 1. The number of rotatable bonds is 4. The van der Waals surface area contributed by atoms with E-state index in [1.165, 1.54) is 12.1 Å². The summed E-state index contributed by atoms with van der Waals surface area (Å²) in [5, 5.41) is 9.87. The van der Waals surface area contributed by atoms with Crippen molar-refractivity contribution in [2.75, 3.05) is 0 Å². The van der Waals surface area contributed by atoms with Crippen LogP contribution in [0, 0.1) is 5.82 Å². The molecule has 3 nitrogen and oxygen atoms in total. The Morgan fingerprint density at radius 1 is 1.33 bits per heavy atom. The monoisotopic (exact) mass is 310 g/mol. The molecule has 5 heteroatoms. The van der Waals surface area contributed by atoms with Crippen molar-refractivity contribution in [3.8, 4) is 5.75 Å². The lowest BCUT2D eigenvalue weighted by atomic mass is 10.0. The van der Waals surface area contributed by atoms with E-state index in [0.717, 1.165) is 36.3 Å². The van der Waals surface area contributed by atoms with Gasteiger partial charge in [-0.05, 0) is 43.2 Å². The number of hydrogen-bond acceptors (Lipinski definition) is 2. The third kappa shape index (κ3) is 3.21. The summed E-state index contributed by atoms with van der Waals surface area (Å²) in [4.78, 5) is 11.1. The molecule has 1 saturated carbocycles. The van der Waals surface area contributed by atoms with Crippen molar-refractivity contribution in [3.05, 3.63) is 40.2 Å². The van der Waals surface area contributed by atoms with Crippen molar-refractivity contribution < 1.29 is 19.0 Å². The Morgan fingerprint density at radius 3 is 2.67 bits per heavy atom. The van der Waals surface area contributed by atoms with Crippen molar-refractivity contribution in [1.82, 2.24) is 0 Å². The van der Waals surface area contributed by atoms with Gasteiger partial charge in [0.1, 0.15) is 17.7 Å². The molecule has 112 valence electrons. The van der Waals surface area contributed by atoms with Gasteiger partial charge in [0.05, 0.1) is 5.56 Å². The highest BCUT2D eigenvalue weighted by Crippen LogP contribution is 2.45. The molecule has 1 fully saturated rings. The first-order chi connectivity index (χ1) is 10.0. The molecule has 0 spiro atoms. The second-order valence-corrected chi connectivity index (χ2v) is 6.10. The van der Waals surface area contributed by atoms with Crippen molar-refractivity contribution in [2.45, 2.75) is 44.1 Å². The highest BCUT2D eigenvalue weighted by atomic mass is 35.5. The topological polar surface area (TPSA) is 46.5 Å². The first-order valence-electron chi connectivity index (χ1n) is 7.12. The molecule has 21 heavy (non-hydrogen) atoms. The molecular formula is C16H16ClFO3. The fourth-order valence-electron chi connectivity index (χ4n) is 2.62. The largest absolute Gasteiger partial charge is 0.490 e. The van der Waals surface area contributed by atoms with Gasteiger partial charge in [0.25, 0.3) is 0 Å². The summed E-state index contributed by atoms with van der Waals surface area (Å²) < 4.78 is 19.8. The molecule has 3 rings (SSSR count). The molecule has 0 radical (unpaired) electrons. The maximum Gasteiger partial charge on any atom is 0.338 e. The van der Waals surface area contributed by atoms with Crippen molar-refractivity contribution in [1.29, 1.82) is 0 Å². The summed E-state index contributed by atoms with van der Waals surface area (Å²) in [5.74, 6) is -1.21. The van der Waals surface area contributed by atoms with Gasteiger partial charge in [0.15, 0.2) is 0 Å². The highest BCUT2D eigenvalue weighted by Gasteiger charge is 2.30. The molecule has 0 bridgehead atoms. The molecule has 0 aromatic heterocycles. The van der Waals surface area contributed by atoms with Gasteiger partial charge in [-0.2, -0.15) is 0 Å². The molecule has 2 aliphatic carbocycles. The van der Waals surface area contributed by atoms with Crippen LogP contribution < -0.4 is 4.74 Å². The van der Waals surface area contributed by atoms with Crippen LogP contribution in [0.4, 0.5) is 4.39 Å². The number of hydrogen-bond donors (Lipinski definition) is 1. The van der Waals surface area contributed by atoms with E-state index in [-0.39, 0.29) is 11.7 Å². The smallest absolute Gasteiger partial charge is 0.338 e. The summed E-state index contributed by atoms with van der Waals surface area (Å²) in [6, 6.07) is 2.65. The predicted octanol–water partition coefficient (Wildman–Crippen LogP) is 4.46. The van der Waals surface area contributed by atoms with E-state index in [1.54, 1.807) is 0 Å². The van der Waals surface area contributed by atoms with E-state index in [1.807, 2.05) is 6.08 Å². The molecule has 0 amide bonds. The van der Waals surface area contributed by atoms with Gasteiger partial charge in [-0.1, -0.05) is 17.7 Å². The standard InChI is InChI=1S/C16H16ClFO3/c17-10-3-5-11(6-4-10)21-15-8-14(18)13(16(19)20)7-12(15)9-1-2-9/h3,7-9,11H,1-2,4-6H2,(H,19,20). The third-order valence-electron chi connectivity index (χ3n) is 3.95. The molecule has 1 aromatic carbocycles. The summed E-state index contributed by atoms with van der Waals surface area (Å²) in [6.07, 6.45) is 6.15. The van der Waals surface area contributed by atoms with Crippen LogP contribution >= 0.6 is 11.6 Å². The molecule has 1 unspecified atom stereocenters. The van der Waals surface area contributed by atoms with Crippen LogP contribution in [0.15, 0.2) is 23.2 Å². The fraction of sp³-hybridized carbons (Fsp3) is 0.438. The van der Waals surface area contributed by atoms with Gasteiger partial charge in [-0.25, -0.2) is 9.18 Å². The molecule has 2 aliphatic rings. The van der Waals surface area contributed by atoms with Gasteiger partial charge in [-0.3, -0.25) is 0 Å². The van der Waals surface area contributed by atoms with E-state index in [2.05, 4.69) is 0 Å². The Morgan fingerprint density at radius 2 is 2.10 bits per heavy atom. The molecule has 1 atom stereocenters. The molecule has 0 saturated heterocycles. The maximum atomic E-state index is 13.9. The lowest BCUT2D eigenvalue weighted by Gasteiger charge is -2.23. The van der Waals surface area contributed by atoms with Crippen LogP contribution in [-0.2, 0) is 0 Å². The molecule has 0 aliphatic heterocycles. The van der Waals surface area contributed by atoms with E-state index in [4.69, 9.17) is 21.4 Å². The zero-order valence-corrected chi connectivity index (χ0v) is 12.2. The predicted molar refractivity (Wildman–Crippen MR) is 77.5 cm³/mol. The van der Waals surface area contributed by atoms with Crippen molar-refractivity contribution >= 4 is 17.6 Å². The third-order valence-corrected chi connectivity index (χ3v) is 4.29. The van der Waals surface area contributed by atoms with Crippen LogP contribution in [0.5, 0.6) is 5.75 Å². The van der Waals surface area contributed by atoms with E-state index in [9.17, 15) is 9.18 Å². The van der Waals surface area contributed by atoms with Gasteiger partial charge in [0, 0.05) is 17.5 Å². The van der Waals surface area contributed by atoms with Gasteiger partial charge in [-0.15, -0.1) is 0 Å². The number of allylic oxidation sites excluding steroid dienone is 1. The van der Waals surface area contributed by atoms with Crippen LogP contribution in [0.25, 0.3) is 0 Å². The number of benzene rings is 1. The van der Waals surface area contributed by atoms with E-state index in [0.29, 0.717) is 18.1 Å².